The van der Waals surface area contributed by atoms with E-state index in [0.717, 1.165) is 30.0 Å². The Hall–Kier alpha value is -1.62. The molecule has 18 heavy (non-hydrogen) atoms. The minimum Gasteiger partial charge on any atom is -0.367 e. The van der Waals surface area contributed by atoms with E-state index in [0.29, 0.717) is 5.92 Å². The molecule has 0 bridgehead atoms. The van der Waals surface area contributed by atoms with Crippen LogP contribution in [-0.4, -0.2) is 27.2 Å². The van der Waals surface area contributed by atoms with E-state index in [2.05, 4.69) is 42.2 Å². The fourth-order valence-corrected chi connectivity index (χ4v) is 1.73. The second-order valence-electron chi connectivity index (χ2n) is 4.88. The first-order chi connectivity index (χ1) is 8.61. The molecule has 1 unspecified atom stereocenters. The molecule has 5 heteroatoms. The lowest BCUT2D eigenvalue weighted by atomic mass is 10.1. The minimum absolute atomic E-state index is 0.152. The molecule has 0 fully saturated rings. The first kappa shape index (κ1) is 12.8. The standard InChI is InChI=1S/C13H21N5/c1-4-10(14)8-16-13-12-7-11(9(2)3)17-18(12)6-5-15-13/h5-7,9-10H,4,8,14H2,1-3H3,(H,15,16). The maximum atomic E-state index is 5.91. The molecule has 2 heterocycles. The highest BCUT2D eigenvalue weighted by Crippen LogP contribution is 2.19. The molecule has 0 radical (unpaired) electrons. The Balaban J connectivity index is 2.27. The van der Waals surface area contributed by atoms with Crippen molar-refractivity contribution in [1.82, 2.24) is 14.6 Å². The third-order valence-electron chi connectivity index (χ3n) is 3.06. The molecule has 98 valence electrons. The van der Waals surface area contributed by atoms with Crippen molar-refractivity contribution in [2.24, 2.45) is 5.73 Å². The number of hydrogen-bond donors (Lipinski definition) is 2. The number of anilines is 1. The third kappa shape index (κ3) is 2.61. The highest BCUT2D eigenvalue weighted by molar-refractivity contribution is 5.67. The van der Waals surface area contributed by atoms with Crippen molar-refractivity contribution in [1.29, 1.82) is 0 Å². The van der Waals surface area contributed by atoms with Gasteiger partial charge in [-0.1, -0.05) is 20.8 Å². The van der Waals surface area contributed by atoms with Crippen LogP contribution in [0.1, 0.15) is 38.8 Å². The van der Waals surface area contributed by atoms with Gasteiger partial charge in [0.15, 0.2) is 5.82 Å². The van der Waals surface area contributed by atoms with Crippen LogP contribution in [0, 0.1) is 0 Å². The van der Waals surface area contributed by atoms with Crippen molar-refractivity contribution in [2.45, 2.75) is 39.2 Å². The van der Waals surface area contributed by atoms with Crippen molar-refractivity contribution < 1.29 is 0 Å². The molecule has 0 spiro atoms. The van der Waals surface area contributed by atoms with Crippen molar-refractivity contribution in [3.05, 3.63) is 24.2 Å². The van der Waals surface area contributed by atoms with E-state index in [9.17, 15) is 0 Å². The zero-order valence-corrected chi connectivity index (χ0v) is 11.2. The molecule has 0 aromatic carbocycles. The van der Waals surface area contributed by atoms with Crippen LogP contribution in [0.25, 0.3) is 5.52 Å². The van der Waals surface area contributed by atoms with Gasteiger partial charge in [0.2, 0.25) is 0 Å². The molecule has 0 amide bonds. The Labute approximate surface area is 107 Å². The van der Waals surface area contributed by atoms with E-state index in [1.807, 2.05) is 10.7 Å². The van der Waals surface area contributed by atoms with E-state index >= 15 is 0 Å². The van der Waals surface area contributed by atoms with Crippen LogP contribution in [0.5, 0.6) is 0 Å². The van der Waals surface area contributed by atoms with Crippen LogP contribution in [0.2, 0.25) is 0 Å². The van der Waals surface area contributed by atoms with Crippen molar-refractivity contribution >= 4 is 11.3 Å². The summed E-state index contributed by atoms with van der Waals surface area (Å²) in [7, 11) is 0. The zero-order chi connectivity index (χ0) is 13.1. The number of rotatable bonds is 5. The van der Waals surface area contributed by atoms with Gasteiger partial charge in [-0.05, 0) is 18.4 Å². The summed E-state index contributed by atoms with van der Waals surface area (Å²) in [5, 5.41) is 7.82. The van der Waals surface area contributed by atoms with E-state index in [1.165, 1.54) is 0 Å². The number of aromatic nitrogens is 3. The van der Waals surface area contributed by atoms with E-state index < -0.39 is 0 Å². The minimum atomic E-state index is 0.152. The summed E-state index contributed by atoms with van der Waals surface area (Å²) < 4.78 is 1.86. The molecule has 0 saturated heterocycles. The van der Waals surface area contributed by atoms with Gasteiger partial charge >= 0.3 is 0 Å². The fraction of sp³-hybridized carbons (Fsp3) is 0.538. The molecule has 2 aromatic rings. The molecule has 0 aliphatic rings. The first-order valence-corrected chi connectivity index (χ1v) is 6.45. The van der Waals surface area contributed by atoms with Gasteiger partial charge in [-0.2, -0.15) is 5.10 Å². The SMILES string of the molecule is CCC(N)CNc1nccn2nc(C(C)C)cc12. The van der Waals surface area contributed by atoms with Gasteiger partial charge in [0, 0.05) is 25.0 Å². The lowest BCUT2D eigenvalue weighted by Gasteiger charge is -2.11. The number of nitrogens with one attached hydrogen (secondary N) is 1. The lowest BCUT2D eigenvalue weighted by Crippen LogP contribution is -2.28. The Morgan fingerprint density at radius 1 is 1.44 bits per heavy atom. The van der Waals surface area contributed by atoms with Crippen LogP contribution in [0.15, 0.2) is 18.5 Å². The summed E-state index contributed by atoms with van der Waals surface area (Å²) in [6, 6.07) is 2.23. The quantitative estimate of drug-likeness (QED) is 0.848. The number of fused-ring (bicyclic) bond motifs is 1. The van der Waals surface area contributed by atoms with E-state index in [-0.39, 0.29) is 6.04 Å². The molecule has 5 nitrogen and oxygen atoms in total. The molecular formula is C13H21N5. The molecule has 2 rings (SSSR count). The maximum absolute atomic E-state index is 5.91. The number of nitrogens with zero attached hydrogens (tertiary/aromatic N) is 3. The predicted molar refractivity (Wildman–Crippen MR) is 73.8 cm³/mol. The average Bonchev–Trinajstić information content (AvgIpc) is 2.80. The normalized spacial score (nSPS) is 13.2. The van der Waals surface area contributed by atoms with Crippen LogP contribution in [0.4, 0.5) is 5.82 Å². The molecule has 2 aromatic heterocycles. The Morgan fingerprint density at radius 3 is 2.89 bits per heavy atom. The smallest absolute Gasteiger partial charge is 0.152 e. The van der Waals surface area contributed by atoms with Gasteiger partial charge < -0.3 is 11.1 Å². The lowest BCUT2D eigenvalue weighted by molar-refractivity contribution is 0.678. The maximum Gasteiger partial charge on any atom is 0.152 e. The van der Waals surface area contributed by atoms with Gasteiger partial charge in [0.1, 0.15) is 5.52 Å². The fourth-order valence-electron chi connectivity index (χ4n) is 1.73. The van der Waals surface area contributed by atoms with Gasteiger partial charge in [0.25, 0.3) is 0 Å². The zero-order valence-electron chi connectivity index (χ0n) is 11.2. The molecule has 1 atom stereocenters. The van der Waals surface area contributed by atoms with Crippen LogP contribution >= 0.6 is 0 Å². The van der Waals surface area contributed by atoms with Crippen molar-refractivity contribution in [3.63, 3.8) is 0 Å². The van der Waals surface area contributed by atoms with Crippen LogP contribution in [0.3, 0.4) is 0 Å². The second kappa shape index (κ2) is 5.35. The highest BCUT2D eigenvalue weighted by atomic mass is 15.2. The summed E-state index contributed by atoms with van der Waals surface area (Å²) in [6.07, 6.45) is 4.57. The van der Waals surface area contributed by atoms with Gasteiger partial charge in [-0.3, -0.25) is 0 Å². The molecule has 0 aliphatic carbocycles. The van der Waals surface area contributed by atoms with Gasteiger partial charge in [-0.25, -0.2) is 9.50 Å². The summed E-state index contributed by atoms with van der Waals surface area (Å²) in [5.41, 5.74) is 7.98. The van der Waals surface area contributed by atoms with E-state index in [1.54, 1.807) is 6.20 Å². The average molecular weight is 247 g/mol. The number of hydrogen-bond acceptors (Lipinski definition) is 4. The molecule has 0 saturated carbocycles. The summed E-state index contributed by atoms with van der Waals surface area (Å²) >= 11 is 0. The van der Waals surface area contributed by atoms with Gasteiger partial charge in [0.05, 0.1) is 5.69 Å². The van der Waals surface area contributed by atoms with Crippen molar-refractivity contribution in [2.75, 3.05) is 11.9 Å². The summed E-state index contributed by atoms with van der Waals surface area (Å²) in [6.45, 7) is 7.08. The first-order valence-electron chi connectivity index (χ1n) is 6.45. The monoisotopic (exact) mass is 247 g/mol. The Kier molecular flexibility index (Phi) is 3.81. The van der Waals surface area contributed by atoms with Gasteiger partial charge in [-0.15, -0.1) is 0 Å². The molecular weight excluding hydrogens is 226 g/mol. The topological polar surface area (TPSA) is 68.2 Å². The molecule has 3 N–H and O–H groups in total. The largest absolute Gasteiger partial charge is 0.367 e. The van der Waals surface area contributed by atoms with Crippen molar-refractivity contribution in [3.8, 4) is 0 Å². The van der Waals surface area contributed by atoms with Crippen LogP contribution < -0.4 is 11.1 Å². The molecule has 0 aliphatic heterocycles. The Bertz CT molecular complexity index is 517. The third-order valence-corrected chi connectivity index (χ3v) is 3.06. The van der Waals surface area contributed by atoms with Crippen LogP contribution in [-0.2, 0) is 0 Å². The number of nitrogens with two attached hydrogens (primary N) is 1. The Morgan fingerprint density at radius 2 is 2.22 bits per heavy atom. The second-order valence-corrected chi connectivity index (χ2v) is 4.88. The summed E-state index contributed by atoms with van der Waals surface area (Å²) in [5.74, 6) is 1.26. The summed E-state index contributed by atoms with van der Waals surface area (Å²) in [4.78, 5) is 4.36. The highest BCUT2D eigenvalue weighted by Gasteiger charge is 2.10. The van der Waals surface area contributed by atoms with E-state index in [4.69, 9.17) is 5.73 Å². The predicted octanol–water partition coefficient (Wildman–Crippen LogP) is 2.00.